The zero-order valence-electron chi connectivity index (χ0n) is 21.8. The van der Waals surface area contributed by atoms with Crippen LogP contribution in [-0.2, 0) is 5.41 Å². The van der Waals surface area contributed by atoms with E-state index in [1.54, 1.807) is 10.7 Å². The molecule has 4 rings (SSSR count). The van der Waals surface area contributed by atoms with E-state index < -0.39 is 11.8 Å². The van der Waals surface area contributed by atoms with E-state index in [0.29, 0.717) is 23.9 Å². The lowest BCUT2D eigenvalue weighted by Crippen LogP contribution is -2.22. The number of carbonyl (C=O) groups is 1. The van der Waals surface area contributed by atoms with E-state index in [1.807, 2.05) is 58.0 Å². The average Bonchev–Trinajstić information content (AvgIpc) is 3.31. The molecule has 2 aromatic heterocycles. The quantitative estimate of drug-likeness (QED) is 0.288. The Morgan fingerprint density at radius 2 is 1.92 bits per heavy atom. The van der Waals surface area contributed by atoms with Gasteiger partial charge in [-0.05, 0) is 31.2 Å². The van der Waals surface area contributed by atoms with E-state index in [4.69, 9.17) is 15.2 Å². The highest BCUT2D eigenvalue weighted by molar-refractivity contribution is 5.99. The first-order chi connectivity index (χ1) is 18.6. The van der Waals surface area contributed by atoms with Gasteiger partial charge < -0.3 is 20.5 Å². The Bertz CT molecular complexity index is 1560. The van der Waals surface area contributed by atoms with E-state index in [1.165, 1.54) is 12.1 Å². The second kappa shape index (κ2) is 11.1. The van der Waals surface area contributed by atoms with Crippen molar-refractivity contribution in [2.24, 2.45) is 0 Å². The van der Waals surface area contributed by atoms with Gasteiger partial charge in [0.2, 0.25) is 5.88 Å². The summed E-state index contributed by atoms with van der Waals surface area (Å²) in [4.78, 5) is 20.5. The number of urea groups is 1. The smallest absolute Gasteiger partial charge is 0.324 e. The number of anilines is 3. The highest BCUT2D eigenvalue weighted by Gasteiger charge is 2.22. The van der Waals surface area contributed by atoms with Crippen molar-refractivity contribution in [2.75, 3.05) is 23.0 Å². The molecule has 0 bridgehead atoms. The predicted octanol–water partition coefficient (Wildman–Crippen LogP) is 5.39. The minimum absolute atomic E-state index is 0.0510. The van der Waals surface area contributed by atoms with Crippen molar-refractivity contribution in [2.45, 2.75) is 33.1 Å². The molecule has 2 aromatic carbocycles. The summed E-state index contributed by atoms with van der Waals surface area (Å²) < 4.78 is 27.6. The molecule has 0 saturated heterocycles. The lowest BCUT2D eigenvalue weighted by Gasteiger charge is -2.14. The maximum Gasteiger partial charge on any atom is 0.324 e. The number of halogens is 1. The van der Waals surface area contributed by atoms with Gasteiger partial charge in [0.15, 0.2) is 5.56 Å². The van der Waals surface area contributed by atoms with E-state index in [2.05, 4.69) is 25.7 Å². The van der Waals surface area contributed by atoms with Gasteiger partial charge in [0.1, 0.15) is 41.3 Å². The van der Waals surface area contributed by atoms with Gasteiger partial charge in [0, 0.05) is 23.6 Å². The number of nitrogens with zero attached hydrogens (tertiary/aromatic N) is 5. The van der Waals surface area contributed by atoms with Gasteiger partial charge in [-0.2, -0.15) is 10.4 Å². The highest BCUT2D eigenvalue weighted by atomic mass is 19.1. The van der Waals surface area contributed by atoms with Crippen molar-refractivity contribution in [1.82, 2.24) is 19.7 Å². The molecule has 0 fully saturated rings. The van der Waals surface area contributed by atoms with Gasteiger partial charge >= 0.3 is 6.03 Å². The molecule has 39 heavy (non-hydrogen) atoms. The van der Waals surface area contributed by atoms with Crippen LogP contribution in [0, 0.1) is 17.1 Å². The summed E-state index contributed by atoms with van der Waals surface area (Å²) in [6.07, 6.45) is 1.13. The normalized spacial score (nSPS) is 11.0. The van der Waals surface area contributed by atoms with E-state index in [9.17, 15) is 14.4 Å². The van der Waals surface area contributed by atoms with Crippen LogP contribution in [0.4, 0.5) is 26.5 Å². The van der Waals surface area contributed by atoms with Gasteiger partial charge in [-0.3, -0.25) is 5.32 Å². The maximum atomic E-state index is 14.9. The Labute approximate surface area is 224 Å². The summed E-state index contributed by atoms with van der Waals surface area (Å²) in [6.45, 7) is 8.42. The summed E-state index contributed by atoms with van der Waals surface area (Å²) >= 11 is 0. The fraction of sp³-hybridized carbons (Fsp3) is 0.222. The molecular weight excluding hydrogens is 503 g/mol. The number of hydrogen-bond acceptors (Lipinski definition) is 8. The average molecular weight is 531 g/mol. The molecule has 0 radical (unpaired) electrons. The number of nitrogens with two attached hydrogens (primary N) is 1. The number of nitrogens with one attached hydrogen (secondary N) is 2. The number of nitriles is 1. The van der Waals surface area contributed by atoms with Gasteiger partial charge in [-0.25, -0.2) is 23.8 Å². The molecule has 0 atom stereocenters. The fourth-order valence-electron chi connectivity index (χ4n) is 3.51. The highest BCUT2D eigenvalue weighted by Crippen LogP contribution is 2.29. The molecule has 0 unspecified atom stereocenters. The topological polar surface area (TPSA) is 153 Å². The first-order valence-corrected chi connectivity index (χ1v) is 12.0. The van der Waals surface area contributed by atoms with Crippen molar-refractivity contribution in [3.05, 3.63) is 71.9 Å². The SMILES string of the molecule is CCOc1cccc(-n2nc(C(C)(C)C)cc2NC(=O)Nc2ccc(Oc3ncnc(N)c3C#N)cc2F)c1. The third-order valence-corrected chi connectivity index (χ3v) is 5.45. The number of nitrogen functional groups attached to an aromatic ring is 1. The van der Waals surface area contributed by atoms with E-state index >= 15 is 0 Å². The second-order valence-electron chi connectivity index (χ2n) is 9.38. The van der Waals surface area contributed by atoms with Crippen LogP contribution in [0.15, 0.2) is 54.9 Å². The molecule has 200 valence electrons. The Morgan fingerprint density at radius 1 is 1.13 bits per heavy atom. The van der Waals surface area contributed by atoms with Crippen LogP contribution in [-0.4, -0.2) is 32.4 Å². The Morgan fingerprint density at radius 3 is 2.62 bits per heavy atom. The summed E-state index contributed by atoms with van der Waals surface area (Å²) in [6, 6.07) is 14.0. The van der Waals surface area contributed by atoms with Crippen LogP contribution < -0.4 is 25.8 Å². The Balaban J connectivity index is 1.54. The van der Waals surface area contributed by atoms with Crippen LogP contribution in [0.5, 0.6) is 17.4 Å². The van der Waals surface area contributed by atoms with Crippen molar-refractivity contribution in [3.8, 4) is 29.1 Å². The first kappa shape index (κ1) is 26.9. The van der Waals surface area contributed by atoms with Gasteiger partial charge in [0.25, 0.3) is 0 Å². The molecule has 0 spiro atoms. The summed E-state index contributed by atoms with van der Waals surface area (Å²) in [5.74, 6) is 0.160. The lowest BCUT2D eigenvalue weighted by molar-refractivity contribution is 0.262. The monoisotopic (exact) mass is 530 g/mol. The van der Waals surface area contributed by atoms with Crippen molar-refractivity contribution in [3.63, 3.8) is 0 Å². The van der Waals surface area contributed by atoms with Gasteiger partial charge in [-0.15, -0.1) is 0 Å². The minimum Gasteiger partial charge on any atom is -0.494 e. The Kier molecular flexibility index (Phi) is 7.62. The number of hydrogen-bond donors (Lipinski definition) is 3. The largest absolute Gasteiger partial charge is 0.494 e. The number of rotatable bonds is 7. The van der Waals surface area contributed by atoms with Crippen LogP contribution in [0.25, 0.3) is 5.69 Å². The molecule has 4 aromatic rings. The predicted molar refractivity (Wildman–Crippen MR) is 144 cm³/mol. The van der Waals surface area contributed by atoms with Crippen molar-refractivity contribution in [1.29, 1.82) is 5.26 Å². The summed E-state index contributed by atoms with van der Waals surface area (Å²) in [5.41, 5.74) is 6.62. The van der Waals surface area contributed by atoms with E-state index in [-0.39, 0.29) is 34.1 Å². The molecule has 2 amide bonds. The zero-order chi connectivity index (χ0) is 28.2. The lowest BCUT2D eigenvalue weighted by atomic mass is 9.92. The van der Waals surface area contributed by atoms with Crippen molar-refractivity contribution >= 4 is 23.4 Å². The van der Waals surface area contributed by atoms with Crippen LogP contribution >= 0.6 is 0 Å². The molecular formula is C27H27FN8O3. The Hall–Kier alpha value is -5.18. The molecule has 11 nitrogen and oxygen atoms in total. The number of amides is 2. The minimum atomic E-state index is -0.767. The fourth-order valence-corrected chi connectivity index (χ4v) is 3.51. The molecule has 0 aliphatic rings. The van der Waals surface area contributed by atoms with Crippen LogP contribution in [0.1, 0.15) is 39.0 Å². The summed E-state index contributed by atoms with van der Waals surface area (Å²) in [5, 5.41) is 19.2. The standard InChI is InChI=1S/C27H27FN8O3/c1-5-38-17-8-6-7-16(11-17)36-23(13-22(35-36)27(2,3)4)34-26(37)33-21-10-9-18(12-20(21)28)39-25-19(14-29)24(30)31-15-32-25/h6-13,15H,5H2,1-4H3,(H2,30,31,32)(H2,33,34,37). The molecule has 2 heterocycles. The van der Waals surface area contributed by atoms with Gasteiger partial charge in [-0.1, -0.05) is 26.8 Å². The number of aromatic nitrogens is 4. The third-order valence-electron chi connectivity index (χ3n) is 5.45. The molecule has 0 aliphatic carbocycles. The zero-order valence-corrected chi connectivity index (χ0v) is 21.8. The summed E-state index contributed by atoms with van der Waals surface area (Å²) in [7, 11) is 0. The number of benzene rings is 2. The van der Waals surface area contributed by atoms with Crippen LogP contribution in [0.2, 0.25) is 0 Å². The molecule has 0 aliphatic heterocycles. The second-order valence-corrected chi connectivity index (χ2v) is 9.38. The molecule has 12 heteroatoms. The molecule has 4 N–H and O–H groups in total. The maximum absolute atomic E-state index is 14.9. The number of ether oxygens (including phenoxy) is 2. The number of carbonyl (C=O) groups excluding carboxylic acids is 1. The van der Waals surface area contributed by atoms with Gasteiger partial charge in [0.05, 0.1) is 23.7 Å². The van der Waals surface area contributed by atoms with Crippen LogP contribution in [0.3, 0.4) is 0 Å². The molecule has 0 saturated carbocycles. The first-order valence-electron chi connectivity index (χ1n) is 12.0. The van der Waals surface area contributed by atoms with Crippen molar-refractivity contribution < 1.29 is 18.7 Å². The third kappa shape index (κ3) is 6.22. The van der Waals surface area contributed by atoms with E-state index in [0.717, 1.165) is 18.1 Å².